The number of thiophene rings is 1. The maximum absolute atomic E-state index is 6.05. The van der Waals surface area contributed by atoms with E-state index < -0.39 is 0 Å². The van der Waals surface area contributed by atoms with E-state index in [-0.39, 0.29) is 0 Å². The van der Waals surface area contributed by atoms with Gasteiger partial charge in [0, 0.05) is 10.4 Å². The van der Waals surface area contributed by atoms with Gasteiger partial charge in [0.1, 0.15) is 10.8 Å². The molecule has 0 radical (unpaired) electrons. The molecule has 0 spiro atoms. The Kier molecular flexibility index (Phi) is 4.05. The molecule has 3 aromatic rings. The zero-order valence-electron chi connectivity index (χ0n) is 10.8. The van der Waals surface area contributed by atoms with Crippen molar-refractivity contribution in [3.63, 3.8) is 0 Å². The smallest absolute Gasteiger partial charge is 0.124 e. The quantitative estimate of drug-likeness (QED) is 0.609. The van der Waals surface area contributed by atoms with Gasteiger partial charge in [-0.2, -0.15) is 0 Å². The van der Waals surface area contributed by atoms with Crippen molar-refractivity contribution in [1.82, 2.24) is 4.98 Å². The van der Waals surface area contributed by atoms with Crippen molar-refractivity contribution in [1.29, 1.82) is 0 Å². The summed E-state index contributed by atoms with van der Waals surface area (Å²) in [5.41, 5.74) is 2.09. The van der Waals surface area contributed by atoms with Gasteiger partial charge in [0.15, 0.2) is 0 Å². The van der Waals surface area contributed by atoms with Crippen LogP contribution in [0.2, 0.25) is 0 Å². The Morgan fingerprint density at radius 2 is 2.00 bits per heavy atom. The molecule has 5 heteroatoms. The largest absolute Gasteiger partial charge is 0.497 e. The number of hydrogen-bond acceptors (Lipinski definition) is 4. The highest BCUT2D eigenvalue weighted by Crippen LogP contribution is 2.36. The van der Waals surface area contributed by atoms with E-state index in [0.717, 1.165) is 31.8 Å². The number of rotatable bonds is 4. The molecule has 20 heavy (non-hydrogen) atoms. The van der Waals surface area contributed by atoms with Gasteiger partial charge >= 0.3 is 0 Å². The first-order valence-corrected chi connectivity index (χ1v) is 8.29. The highest BCUT2D eigenvalue weighted by atomic mass is 35.5. The number of methoxy groups -OCH3 is 1. The van der Waals surface area contributed by atoms with Crippen LogP contribution in [0.1, 0.15) is 4.88 Å². The average molecular weight is 322 g/mol. The molecule has 0 aliphatic carbocycles. The molecule has 0 unspecified atom stereocenters. The van der Waals surface area contributed by atoms with Crippen LogP contribution in [0.15, 0.2) is 41.8 Å². The molecular weight excluding hydrogens is 310 g/mol. The lowest BCUT2D eigenvalue weighted by Gasteiger charge is -2.00. The minimum absolute atomic E-state index is 0.487. The van der Waals surface area contributed by atoms with Gasteiger partial charge in [0.25, 0.3) is 0 Å². The predicted molar refractivity (Wildman–Crippen MR) is 87.0 cm³/mol. The van der Waals surface area contributed by atoms with E-state index in [1.807, 2.05) is 30.3 Å². The Morgan fingerprint density at radius 1 is 1.20 bits per heavy atom. The van der Waals surface area contributed by atoms with Crippen LogP contribution in [-0.4, -0.2) is 12.1 Å². The van der Waals surface area contributed by atoms with Crippen molar-refractivity contribution in [2.45, 2.75) is 5.88 Å². The molecule has 0 amide bonds. The Hall–Kier alpha value is -1.36. The maximum atomic E-state index is 6.05. The summed E-state index contributed by atoms with van der Waals surface area (Å²) in [6.45, 7) is 0. The first-order valence-electron chi connectivity index (χ1n) is 6.06. The number of ether oxygens (including phenoxy) is 1. The number of hydrogen-bond donors (Lipinski definition) is 0. The van der Waals surface area contributed by atoms with E-state index >= 15 is 0 Å². The van der Waals surface area contributed by atoms with Gasteiger partial charge in [-0.3, -0.25) is 0 Å². The first kappa shape index (κ1) is 13.6. The molecule has 0 saturated heterocycles. The monoisotopic (exact) mass is 321 g/mol. The molecule has 0 aliphatic heterocycles. The van der Waals surface area contributed by atoms with Gasteiger partial charge in [0.2, 0.25) is 0 Å². The van der Waals surface area contributed by atoms with E-state index in [4.69, 9.17) is 21.3 Å². The highest BCUT2D eigenvalue weighted by molar-refractivity contribution is 7.17. The summed E-state index contributed by atoms with van der Waals surface area (Å²) < 4.78 is 5.18. The number of nitrogens with zero attached hydrogens (tertiary/aromatic N) is 1. The summed E-state index contributed by atoms with van der Waals surface area (Å²) >= 11 is 9.39. The summed E-state index contributed by atoms with van der Waals surface area (Å²) in [5.74, 6) is 1.34. The van der Waals surface area contributed by atoms with Gasteiger partial charge in [-0.25, -0.2) is 4.98 Å². The minimum atomic E-state index is 0.487. The standard InChI is InChI=1S/C15H12ClNOS2/c1-18-11-6-4-10(5-7-11)15-17-14(13(9-16)20-15)12-3-2-8-19-12/h2-8H,9H2,1H3. The van der Waals surface area contributed by atoms with Crippen molar-refractivity contribution < 1.29 is 4.74 Å². The minimum Gasteiger partial charge on any atom is -0.497 e. The molecule has 102 valence electrons. The van der Waals surface area contributed by atoms with Crippen LogP contribution in [0.3, 0.4) is 0 Å². The number of alkyl halides is 1. The molecule has 0 atom stereocenters. The second-order valence-electron chi connectivity index (χ2n) is 4.13. The normalized spacial score (nSPS) is 10.7. The van der Waals surface area contributed by atoms with E-state index in [1.165, 1.54) is 0 Å². The van der Waals surface area contributed by atoms with Crippen LogP contribution < -0.4 is 4.74 Å². The third-order valence-corrected chi connectivity index (χ3v) is 5.32. The van der Waals surface area contributed by atoms with E-state index in [0.29, 0.717) is 5.88 Å². The second kappa shape index (κ2) is 5.95. The molecule has 2 heterocycles. The number of thiazole rings is 1. The van der Waals surface area contributed by atoms with E-state index in [2.05, 4.69) is 11.4 Å². The zero-order chi connectivity index (χ0) is 13.9. The third kappa shape index (κ3) is 2.59. The van der Waals surface area contributed by atoms with Crippen molar-refractivity contribution in [3.8, 4) is 26.9 Å². The Balaban J connectivity index is 2.02. The summed E-state index contributed by atoms with van der Waals surface area (Å²) in [4.78, 5) is 7.03. The van der Waals surface area contributed by atoms with Crippen molar-refractivity contribution in [2.24, 2.45) is 0 Å². The Morgan fingerprint density at radius 3 is 2.60 bits per heavy atom. The lowest BCUT2D eigenvalue weighted by Crippen LogP contribution is -1.82. The fourth-order valence-electron chi connectivity index (χ4n) is 1.91. The molecule has 0 N–H and O–H groups in total. The van der Waals surface area contributed by atoms with Crippen LogP contribution in [0.4, 0.5) is 0 Å². The molecule has 0 aliphatic rings. The van der Waals surface area contributed by atoms with Crippen molar-refractivity contribution >= 4 is 34.3 Å². The molecule has 3 rings (SSSR count). The SMILES string of the molecule is COc1ccc(-c2nc(-c3cccs3)c(CCl)s2)cc1. The van der Waals surface area contributed by atoms with Gasteiger partial charge in [-0.05, 0) is 35.7 Å². The second-order valence-corrected chi connectivity index (χ2v) is 6.43. The van der Waals surface area contributed by atoms with Crippen LogP contribution in [0, 0.1) is 0 Å². The van der Waals surface area contributed by atoms with Crippen molar-refractivity contribution in [2.75, 3.05) is 7.11 Å². The Labute approximate surface area is 130 Å². The Bertz CT molecular complexity index is 689. The number of aromatic nitrogens is 1. The fourth-order valence-corrected chi connectivity index (χ4v) is 3.93. The predicted octanol–water partition coefficient (Wildman–Crippen LogP) is 5.29. The van der Waals surface area contributed by atoms with Crippen LogP contribution in [-0.2, 0) is 5.88 Å². The lowest BCUT2D eigenvalue weighted by molar-refractivity contribution is 0.415. The average Bonchev–Trinajstić information content (AvgIpc) is 3.16. The van der Waals surface area contributed by atoms with Crippen LogP contribution in [0.5, 0.6) is 5.75 Å². The fraction of sp³-hybridized carbons (Fsp3) is 0.133. The molecular formula is C15H12ClNOS2. The van der Waals surface area contributed by atoms with Crippen molar-refractivity contribution in [3.05, 3.63) is 46.7 Å². The first-order chi connectivity index (χ1) is 9.81. The summed E-state index contributed by atoms with van der Waals surface area (Å²) in [6, 6.07) is 12.0. The zero-order valence-corrected chi connectivity index (χ0v) is 13.2. The molecule has 0 bridgehead atoms. The van der Waals surface area contributed by atoms with E-state index in [9.17, 15) is 0 Å². The van der Waals surface area contributed by atoms with Gasteiger partial charge in [0.05, 0.1) is 23.6 Å². The summed E-state index contributed by atoms with van der Waals surface area (Å²) in [7, 11) is 1.67. The topological polar surface area (TPSA) is 22.1 Å². The molecule has 0 fully saturated rings. The lowest BCUT2D eigenvalue weighted by atomic mass is 10.2. The third-order valence-electron chi connectivity index (χ3n) is 2.91. The molecule has 2 nitrogen and oxygen atoms in total. The maximum Gasteiger partial charge on any atom is 0.124 e. The van der Waals surface area contributed by atoms with Crippen LogP contribution in [0.25, 0.3) is 21.1 Å². The van der Waals surface area contributed by atoms with Gasteiger partial charge < -0.3 is 4.74 Å². The van der Waals surface area contributed by atoms with Gasteiger partial charge in [-0.15, -0.1) is 34.3 Å². The summed E-state index contributed by atoms with van der Waals surface area (Å²) in [5, 5.41) is 3.05. The number of halogens is 1. The van der Waals surface area contributed by atoms with Gasteiger partial charge in [-0.1, -0.05) is 6.07 Å². The summed E-state index contributed by atoms with van der Waals surface area (Å²) in [6.07, 6.45) is 0. The molecule has 1 aromatic carbocycles. The number of benzene rings is 1. The molecule has 0 saturated carbocycles. The van der Waals surface area contributed by atoms with E-state index in [1.54, 1.807) is 29.8 Å². The van der Waals surface area contributed by atoms with Crippen LogP contribution >= 0.6 is 34.3 Å². The highest BCUT2D eigenvalue weighted by Gasteiger charge is 2.14. The molecule has 2 aromatic heterocycles.